The van der Waals surface area contributed by atoms with Gasteiger partial charge in [0, 0.05) is 32.1 Å². The first-order valence-corrected chi connectivity index (χ1v) is 10.9. The quantitative estimate of drug-likeness (QED) is 0.302. The van der Waals surface area contributed by atoms with E-state index in [4.69, 9.17) is 25.4 Å². The van der Waals surface area contributed by atoms with Crippen LogP contribution in [-0.4, -0.2) is 59.1 Å². The third kappa shape index (κ3) is 5.03. The summed E-state index contributed by atoms with van der Waals surface area (Å²) in [6.45, 7) is 3.98. The molecule has 0 aliphatic carbocycles. The zero-order valence-corrected chi connectivity index (χ0v) is 19.9. The Morgan fingerprint density at radius 1 is 1.17 bits per heavy atom. The number of ether oxygens (including phenoxy) is 3. The topological polar surface area (TPSA) is 151 Å². The van der Waals surface area contributed by atoms with E-state index in [1.165, 1.54) is 11.2 Å². The predicted octanol–water partition coefficient (Wildman–Crippen LogP) is 2.80. The number of fused-ring (bicyclic) bond motifs is 1. The van der Waals surface area contributed by atoms with Crippen molar-refractivity contribution in [3.05, 3.63) is 65.6 Å². The van der Waals surface area contributed by atoms with E-state index < -0.39 is 5.85 Å². The number of imidazole rings is 1. The predicted molar refractivity (Wildman–Crippen MR) is 131 cm³/mol. The molecule has 0 radical (unpaired) electrons. The summed E-state index contributed by atoms with van der Waals surface area (Å²) in [6.07, 6.45) is 1.51. The number of nitrogen functional groups attached to an aromatic ring is 1. The number of nitrogens with zero attached hydrogens (tertiary/aromatic N) is 3. The largest absolute Gasteiger partial charge is 0.490 e. The summed E-state index contributed by atoms with van der Waals surface area (Å²) in [5.41, 5.74) is 7.15. The fourth-order valence-corrected chi connectivity index (χ4v) is 3.48. The molecule has 0 fully saturated rings. The number of nitrogens with two attached hydrogens (primary N) is 1. The number of amides is 1. The molecule has 182 valence electrons. The van der Waals surface area contributed by atoms with E-state index in [0.29, 0.717) is 46.5 Å². The molecule has 0 saturated heterocycles. The van der Waals surface area contributed by atoms with Crippen molar-refractivity contribution in [1.29, 1.82) is 5.41 Å². The van der Waals surface area contributed by atoms with Crippen molar-refractivity contribution in [2.75, 3.05) is 26.0 Å². The molecule has 1 amide bonds. The molecule has 1 unspecified atom stereocenters. The number of hydrogen-bond acceptors (Lipinski definition) is 8. The lowest BCUT2D eigenvalue weighted by Crippen LogP contribution is -2.44. The van der Waals surface area contributed by atoms with Crippen LogP contribution in [0.5, 0.6) is 17.2 Å². The SMILES string of the molecule is CCOc1ccc(C(=N)N)cc1OC1(C)N=C(Oc2cccc(C(=O)N(C)C)c2)c2[nH]cnc2N1. The van der Waals surface area contributed by atoms with E-state index in [1.54, 1.807) is 63.5 Å². The van der Waals surface area contributed by atoms with Crippen LogP contribution in [0.1, 0.15) is 35.5 Å². The smallest absolute Gasteiger partial charge is 0.280 e. The molecule has 0 bridgehead atoms. The summed E-state index contributed by atoms with van der Waals surface area (Å²) in [7, 11) is 3.37. The van der Waals surface area contributed by atoms with Crippen molar-refractivity contribution >= 4 is 23.5 Å². The highest BCUT2D eigenvalue weighted by Crippen LogP contribution is 2.35. The lowest BCUT2D eigenvalue weighted by Gasteiger charge is -2.32. The second-order valence-electron chi connectivity index (χ2n) is 8.09. The van der Waals surface area contributed by atoms with Gasteiger partial charge in [-0.2, -0.15) is 4.99 Å². The summed E-state index contributed by atoms with van der Waals surface area (Å²) in [5.74, 6) is 0.343. The molecule has 0 saturated carbocycles. The van der Waals surface area contributed by atoms with Crippen LogP contribution in [0.15, 0.2) is 53.8 Å². The van der Waals surface area contributed by atoms with Gasteiger partial charge in [-0.05, 0) is 43.3 Å². The molecule has 35 heavy (non-hydrogen) atoms. The molecule has 11 nitrogen and oxygen atoms in total. The normalized spacial score (nSPS) is 16.4. The van der Waals surface area contributed by atoms with Gasteiger partial charge in [-0.15, -0.1) is 0 Å². The third-order valence-electron chi connectivity index (χ3n) is 5.08. The molecule has 0 spiro atoms. The molecule has 1 aromatic heterocycles. The Morgan fingerprint density at radius 3 is 2.69 bits per heavy atom. The number of carbonyl (C=O) groups excluding carboxylic acids is 1. The highest BCUT2D eigenvalue weighted by molar-refractivity contribution is 6.00. The van der Waals surface area contributed by atoms with Gasteiger partial charge < -0.3 is 35.1 Å². The summed E-state index contributed by atoms with van der Waals surface area (Å²) < 4.78 is 18.0. The molecular formula is C24H27N7O4. The Morgan fingerprint density at radius 2 is 1.97 bits per heavy atom. The number of anilines is 1. The van der Waals surface area contributed by atoms with E-state index in [9.17, 15) is 4.79 Å². The number of rotatable bonds is 7. The molecular weight excluding hydrogens is 450 g/mol. The highest BCUT2D eigenvalue weighted by atomic mass is 16.6. The van der Waals surface area contributed by atoms with Crippen molar-refractivity contribution in [2.24, 2.45) is 10.7 Å². The Labute approximate surface area is 202 Å². The molecule has 11 heteroatoms. The van der Waals surface area contributed by atoms with E-state index >= 15 is 0 Å². The van der Waals surface area contributed by atoms with Crippen molar-refractivity contribution in [1.82, 2.24) is 14.9 Å². The zero-order valence-electron chi connectivity index (χ0n) is 19.9. The Hall–Kier alpha value is -4.54. The number of aromatic amines is 1. The Balaban J connectivity index is 1.69. The van der Waals surface area contributed by atoms with E-state index in [0.717, 1.165) is 0 Å². The minimum Gasteiger partial charge on any atom is -0.490 e. The fourth-order valence-electron chi connectivity index (χ4n) is 3.48. The summed E-state index contributed by atoms with van der Waals surface area (Å²) >= 11 is 0. The van der Waals surface area contributed by atoms with Gasteiger partial charge in [0.25, 0.3) is 11.8 Å². The number of hydrogen-bond donors (Lipinski definition) is 4. The Bertz CT molecular complexity index is 1300. The van der Waals surface area contributed by atoms with Gasteiger partial charge in [0.05, 0.1) is 12.9 Å². The first kappa shape index (κ1) is 23.6. The fraction of sp³-hybridized carbons (Fsp3) is 0.250. The van der Waals surface area contributed by atoms with Crippen LogP contribution in [-0.2, 0) is 0 Å². The molecule has 5 N–H and O–H groups in total. The van der Waals surface area contributed by atoms with E-state index in [-0.39, 0.29) is 17.6 Å². The van der Waals surface area contributed by atoms with Gasteiger partial charge in [0.1, 0.15) is 17.3 Å². The molecule has 4 rings (SSSR count). The van der Waals surface area contributed by atoms with E-state index in [2.05, 4.69) is 20.3 Å². The van der Waals surface area contributed by atoms with Gasteiger partial charge >= 0.3 is 0 Å². The maximum Gasteiger partial charge on any atom is 0.280 e. The van der Waals surface area contributed by atoms with Crippen molar-refractivity contribution < 1.29 is 19.0 Å². The maximum atomic E-state index is 12.4. The van der Waals surface area contributed by atoms with Gasteiger partial charge in [-0.25, -0.2) is 4.98 Å². The average molecular weight is 478 g/mol. The average Bonchev–Trinajstić information content (AvgIpc) is 3.28. The van der Waals surface area contributed by atoms with Crippen LogP contribution in [0.3, 0.4) is 0 Å². The highest BCUT2D eigenvalue weighted by Gasteiger charge is 2.36. The molecule has 1 aliphatic heterocycles. The molecule has 1 aliphatic rings. The minimum absolute atomic E-state index is 0.103. The molecule has 2 heterocycles. The number of carbonyl (C=O) groups is 1. The van der Waals surface area contributed by atoms with Crippen LogP contribution in [0.25, 0.3) is 0 Å². The molecule has 3 aromatic rings. The molecule has 2 aromatic carbocycles. The van der Waals surface area contributed by atoms with Crippen molar-refractivity contribution in [3.8, 4) is 17.2 Å². The van der Waals surface area contributed by atoms with E-state index in [1.807, 2.05) is 6.92 Å². The van der Waals surface area contributed by atoms with Crippen molar-refractivity contribution in [3.63, 3.8) is 0 Å². The summed E-state index contributed by atoms with van der Waals surface area (Å²) in [5, 5.41) is 10.9. The second-order valence-corrected chi connectivity index (χ2v) is 8.09. The van der Waals surface area contributed by atoms with Crippen molar-refractivity contribution in [2.45, 2.75) is 19.7 Å². The number of aliphatic imine (C=N–C) groups is 1. The van der Waals surface area contributed by atoms with Crippen LogP contribution in [0.4, 0.5) is 5.82 Å². The first-order chi connectivity index (χ1) is 16.7. The monoisotopic (exact) mass is 477 g/mol. The lowest BCUT2D eigenvalue weighted by molar-refractivity contribution is 0.0827. The van der Waals surface area contributed by atoms with Crippen LogP contribution >= 0.6 is 0 Å². The number of aromatic nitrogens is 2. The standard InChI is InChI=1S/C24H27N7O4/c1-5-33-17-10-9-14(20(25)26)12-18(17)35-24(2)29-21-19(27-13-28-21)22(30-24)34-16-8-6-7-15(11-16)23(32)31(3)4/h6-13,29H,5H2,1-4H3,(H3,25,26)(H,27,28). The number of amidine groups is 1. The number of nitrogens with one attached hydrogen (secondary N) is 3. The maximum absolute atomic E-state index is 12.4. The van der Waals surface area contributed by atoms with Gasteiger partial charge in [0.2, 0.25) is 5.90 Å². The van der Waals surface area contributed by atoms with Crippen LogP contribution in [0.2, 0.25) is 0 Å². The Kier molecular flexibility index (Phi) is 6.32. The zero-order chi connectivity index (χ0) is 25.2. The van der Waals surface area contributed by atoms with Gasteiger partial charge in [-0.3, -0.25) is 10.2 Å². The first-order valence-electron chi connectivity index (χ1n) is 10.9. The second kappa shape index (κ2) is 9.37. The number of H-pyrrole nitrogens is 1. The van der Waals surface area contributed by atoms with Gasteiger partial charge in [0.15, 0.2) is 17.3 Å². The molecule has 1 atom stereocenters. The third-order valence-corrected chi connectivity index (χ3v) is 5.08. The van der Waals surface area contributed by atoms with Gasteiger partial charge in [-0.1, -0.05) is 6.07 Å². The summed E-state index contributed by atoms with van der Waals surface area (Å²) in [4.78, 5) is 25.8. The van der Waals surface area contributed by atoms with Crippen LogP contribution in [0, 0.1) is 5.41 Å². The van der Waals surface area contributed by atoms with Crippen LogP contribution < -0.4 is 25.3 Å². The lowest BCUT2D eigenvalue weighted by atomic mass is 10.2. The summed E-state index contributed by atoms with van der Waals surface area (Å²) in [6, 6.07) is 11.8. The number of benzene rings is 2. The minimum atomic E-state index is -1.34.